The Labute approximate surface area is 145 Å². The van der Waals surface area contributed by atoms with Gasteiger partial charge in [-0.25, -0.2) is 9.37 Å². The highest BCUT2D eigenvalue weighted by molar-refractivity contribution is 6.32. The standard InChI is InChI=1S/C16H10ClFN4O3/c1-25-13-10(17)2-7(3-11(13)18)6-22-15(23)9-4-19-14-8(5-20-21-14)12(9)16(22)24/h2-5H,6H2,1H3,(H,19,20,21). The van der Waals surface area contributed by atoms with E-state index in [2.05, 4.69) is 15.2 Å². The van der Waals surface area contributed by atoms with Crippen molar-refractivity contribution in [1.82, 2.24) is 20.1 Å². The Kier molecular flexibility index (Phi) is 3.43. The normalized spacial score (nSPS) is 13.6. The van der Waals surface area contributed by atoms with Gasteiger partial charge in [0.05, 0.1) is 41.4 Å². The third-order valence-electron chi connectivity index (χ3n) is 4.02. The number of benzene rings is 1. The number of aromatic nitrogens is 3. The molecule has 0 bridgehead atoms. The van der Waals surface area contributed by atoms with Crippen LogP contribution in [0.1, 0.15) is 26.3 Å². The lowest BCUT2D eigenvalue weighted by atomic mass is 10.1. The van der Waals surface area contributed by atoms with Crippen molar-refractivity contribution in [2.75, 3.05) is 7.11 Å². The summed E-state index contributed by atoms with van der Waals surface area (Å²) in [5, 5.41) is 7.02. The molecular formula is C16H10ClFN4O3. The number of fused-ring (bicyclic) bond motifs is 3. The highest BCUT2D eigenvalue weighted by Crippen LogP contribution is 2.32. The van der Waals surface area contributed by atoms with Gasteiger partial charge in [-0.05, 0) is 17.7 Å². The number of nitrogens with zero attached hydrogens (tertiary/aromatic N) is 3. The predicted molar refractivity (Wildman–Crippen MR) is 86.1 cm³/mol. The molecular weight excluding hydrogens is 351 g/mol. The number of hydrogen-bond donors (Lipinski definition) is 1. The molecule has 0 unspecified atom stereocenters. The van der Waals surface area contributed by atoms with Crippen LogP contribution in [-0.2, 0) is 6.54 Å². The van der Waals surface area contributed by atoms with E-state index in [0.717, 1.165) is 4.90 Å². The molecule has 25 heavy (non-hydrogen) atoms. The Morgan fingerprint density at radius 1 is 1.28 bits per heavy atom. The number of halogens is 2. The van der Waals surface area contributed by atoms with E-state index in [1.807, 2.05) is 0 Å². The van der Waals surface area contributed by atoms with Gasteiger partial charge in [-0.1, -0.05) is 11.6 Å². The number of rotatable bonds is 3. The third kappa shape index (κ3) is 2.25. The fourth-order valence-electron chi connectivity index (χ4n) is 2.89. The SMILES string of the molecule is COc1c(F)cc(CN2C(=O)c3cnc4[nH]ncc4c3C2=O)cc1Cl. The highest BCUT2D eigenvalue weighted by Gasteiger charge is 2.38. The summed E-state index contributed by atoms with van der Waals surface area (Å²) in [5.41, 5.74) is 1.22. The average molecular weight is 361 g/mol. The number of imide groups is 1. The summed E-state index contributed by atoms with van der Waals surface area (Å²) in [4.78, 5) is 30.4. The molecule has 0 fully saturated rings. The number of aromatic amines is 1. The summed E-state index contributed by atoms with van der Waals surface area (Å²) >= 11 is 5.97. The fraction of sp³-hybridized carbons (Fsp3) is 0.125. The highest BCUT2D eigenvalue weighted by atomic mass is 35.5. The quantitative estimate of drug-likeness (QED) is 0.725. The van der Waals surface area contributed by atoms with Gasteiger partial charge in [-0.2, -0.15) is 5.10 Å². The van der Waals surface area contributed by atoms with Crippen LogP contribution in [0, 0.1) is 5.82 Å². The lowest BCUT2D eigenvalue weighted by Gasteiger charge is -2.15. The molecule has 0 atom stereocenters. The minimum Gasteiger partial charge on any atom is -0.492 e. The second-order valence-corrected chi connectivity index (χ2v) is 5.88. The van der Waals surface area contributed by atoms with Gasteiger partial charge in [0, 0.05) is 6.20 Å². The van der Waals surface area contributed by atoms with Crippen molar-refractivity contribution in [2.45, 2.75) is 6.54 Å². The van der Waals surface area contributed by atoms with Crippen LogP contribution in [0.5, 0.6) is 5.75 Å². The zero-order valence-corrected chi connectivity index (χ0v) is 13.6. The Balaban J connectivity index is 1.73. The zero-order chi connectivity index (χ0) is 17.7. The number of nitrogens with one attached hydrogen (secondary N) is 1. The maximum atomic E-state index is 14.0. The maximum Gasteiger partial charge on any atom is 0.263 e. The van der Waals surface area contributed by atoms with Gasteiger partial charge in [-0.15, -0.1) is 0 Å². The minimum atomic E-state index is -0.666. The van der Waals surface area contributed by atoms with Gasteiger partial charge in [0.1, 0.15) is 0 Å². The monoisotopic (exact) mass is 360 g/mol. The van der Waals surface area contributed by atoms with E-state index < -0.39 is 17.6 Å². The van der Waals surface area contributed by atoms with Crippen molar-refractivity contribution < 1.29 is 18.7 Å². The molecule has 0 aliphatic carbocycles. The molecule has 0 saturated heterocycles. The van der Waals surface area contributed by atoms with Gasteiger partial charge in [0.2, 0.25) is 0 Å². The number of pyridine rings is 1. The Hall–Kier alpha value is -3.00. The molecule has 0 saturated carbocycles. The van der Waals surface area contributed by atoms with Gasteiger partial charge in [0.25, 0.3) is 11.8 Å². The van der Waals surface area contributed by atoms with Gasteiger partial charge < -0.3 is 4.74 Å². The smallest absolute Gasteiger partial charge is 0.263 e. The first kappa shape index (κ1) is 15.5. The average Bonchev–Trinajstić information content (AvgIpc) is 3.13. The van der Waals surface area contributed by atoms with Crippen LogP contribution in [0.4, 0.5) is 4.39 Å². The lowest BCUT2D eigenvalue weighted by Crippen LogP contribution is -2.29. The molecule has 7 nitrogen and oxygen atoms in total. The molecule has 1 N–H and O–H groups in total. The predicted octanol–water partition coefficient (Wildman–Crippen LogP) is 2.56. The van der Waals surface area contributed by atoms with Crippen LogP contribution in [0.2, 0.25) is 5.02 Å². The number of amides is 2. The molecule has 3 aromatic rings. The van der Waals surface area contributed by atoms with E-state index in [9.17, 15) is 14.0 Å². The summed E-state index contributed by atoms with van der Waals surface area (Å²) in [5.74, 6) is -1.73. The number of hydrogen-bond acceptors (Lipinski definition) is 5. The van der Waals surface area contributed by atoms with Gasteiger partial charge >= 0.3 is 0 Å². The van der Waals surface area contributed by atoms with Crippen molar-refractivity contribution >= 4 is 34.4 Å². The Morgan fingerprint density at radius 2 is 2.08 bits per heavy atom. The Morgan fingerprint density at radius 3 is 2.80 bits per heavy atom. The van der Waals surface area contributed by atoms with Crippen molar-refractivity contribution in [3.63, 3.8) is 0 Å². The van der Waals surface area contributed by atoms with E-state index >= 15 is 0 Å². The number of methoxy groups -OCH3 is 1. The molecule has 9 heteroatoms. The number of carbonyl (C=O) groups excluding carboxylic acids is 2. The fourth-order valence-corrected chi connectivity index (χ4v) is 3.20. The van der Waals surface area contributed by atoms with E-state index in [0.29, 0.717) is 16.6 Å². The lowest BCUT2D eigenvalue weighted by molar-refractivity contribution is 0.0642. The van der Waals surface area contributed by atoms with Crippen LogP contribution < -0.4 is 4.74 Å². The molecule has 2 aromatic heterocycles. The van der Waals surface area contributed by atoms with Crippen LogP contribution in [-0.4, -0.2) is 39.0 Å². The van der Waals surface area contributed by atoms with Crippen LogP contribution >= 0.6 is 11.6 Å². The molecule has 0 radical (unpaired) electrons. The molecule has 2 amide bonds. The summed E-state index contributed by atoms with van der Waals surface area (Å²) in [6, 6.07) is 2.64. The van der Waals surface area contributed by atoms with Crippen molar-refractivity contribution in [2.24, 2.45) is 0 Å². The first-order valence-corrected chi connectivity index (χ1v) is 7.59. The summed E-state index contributed by atoms with van der Waals surface area (Å²) in [6.07, 6.45) is 2.78. The minimum absolute atomic E-state index is 0.0630. The van der Waals surface area contributed by atoms with Crippen LogP contribution in [0.15, 0.2) is 24.5 Å². The molecule has 1 aromatic carbocycles. The topological polar surface area (TPSA) is 88.2 Å². The van der Waals surface area contributed by atoms with Crippen LogP contribution in [0.3, 0.4) is 0 Å². The van der Waals surface area contributed by atoms with Crippen LogP contribution in [0.25, 0.3) is 11.0 Å². The number of ether oxygens (including phenoxy) is 1. The molecule has 126 valence electrons. The molecule has 3 heterocycles. The summed E-state index contributed by atoms with van der Waals surface area (Å²) < 4.78 is 18.8. The molecule has 0 spiro atoms. The zero-order valence-electron chi connectivity index (χ0n) is 12.8. The second-order valence-electron chi connectivity index (χ2n) is 5.47. The first-order chi connectivity index (χ1) is 12.0. The van der Waals surface area contributed by atoms with E-state index in [-0.39, 0.29) is 28.4 Å². The van der Waals surface area contributed by atoms with E-state index in [1.165, 1.54) is 31.6 Å². The number of carbonyl (C=O) groups is 2. The summed E-state index contributed by atoms with van der Waals surface area (Å²) in [6.45, 7) is -0.119. The third-order valence-corrected chi connectivity index (χ3v) is 4.30. The van der Waals surface area contributed by atoms with Crippen molar-refractivity contribution in [3.8, 4) is 5.75 Å². The number of H-pyrrole nitrogens is 1. The Bertz CT molecular complexity index is 1030. The largest absolute Gasteiger partial charge is 0.492 e. The van der Waals surface area contributed by atoms with Gasteiger partial charge in [-0.3, -0.25) is 19.6 Å². The summed E-state index contributed by atoms with van der Waals surface area (Å²) in [7, 11) is 1.30. The first-order valence-electron chi connectivity index (χ1n) is 7.21. The molecule has 1 aliphatic rings. The second kappa shape index (κ2) is 5.52. The van der Waals surface area contributed by atoms with Crippen molar-refractivity contribution in [3.05, 3.63) is 52.1 Å². The van der Waals surface area contributed by atoms with E-state index in [4.69, 9.17) is 16.3 Å². The van der Waals surface area contributed by atoms with Crippen molar-refractivity contribution in [1.29, 1.82) is 0 Å². The van der Waals surface area contributed by atoms with Gasteiger partial charge in [0.15, 0.2) is 17.2 Å². The molecule has 4 rings (SSSR count). The van der Waals surface area contributed by atoms with E-state index in [1.54, 1.807) is 0 Å². The maximum absolute atomic E-state index is 14.0. The molecule has 1 aliphatic heterocycles.